The fraction of sp³-hybridized carbons (Fsp3) is 0.357. The van der Waals surface area contributed by atoms with Gasteiger partial charge in [-0.1, -0.05) is 12.1 Å². The predicted octanol–water partition coefficient (Wildman–Crippen LogP) is 2.87. The quantitative estimate of drug-likeness (QED) is 0.902. The van der Waals surface area contributed by atoms with E-state index < -0.39 is 0 Å². The summed E-state index contributed by atoms with van der Waals surface area (Å²) in [6, 6.07) is 6.20. The molecule has 1 heterocycles. The normalized spacial score (nSPS) is 10.6. The van der Waals surface area contributed by atoms with Crippen LogP contribution >= 0.6 is 11.3 Å². The molecule has 0 unspecified atom stereocenters. The molecule has 0 atom stereocenters. The van der Waals surface area contributed by atoms with Crippen molar-refractivity contribution in [2.45, 2.75) is 26.9 Å². The van der Waals surface area contributed by atoms with Crippen LogP contribution in [0.2, 0.25) is 0 Å². The Kier molecular flexibility index (Phi) is 4.33. The molecule has 18 heavy (non-hydrogen) atoms. The zero-order chi connectivity index (χ0) is 13.0. The molecule has 0 amide bonds. The van der Waals surface area contributed by atoms with Gasteiger partial charge in [-0.05, 0) is 31.0 Å². The predicted molar refractivity (Wildman–Crippen MR) is 73.2 cm³/mol. The fourth-order valence-electron chi connectivity index (χ4n) is 1.65. The van der Waals surface area contributed by atoms with Crippen molar-refractivity contribution in [1.82, 2.24) is 4.98 Å². The van der Waals surface area contributed by atoms with E-state index in [2.05, 4.69) is 30.1 Å². The Morgan fingerprint density at radius 2 is 2.17 bits per heavy atom. The van der Waals surface area contributed by atoms with Gasteiger partial charge < -0.3 is 9.84 Å². The third-order valence-corrected chi connectivity index (χ3v) is 3.64. The lowest BCUT2D eigenvalue weighted by Crippen LogP contribution is -2.02. The molecule has 0 aliphatic heterocycles. The summed E-state index contributed by atoms with van der Waals surface area (Å²) in [5.41, 5.74) is 3.09. The first-order valence-electron chi connectivity index (χ1n) is 5.93. The molecular weight excluding hydrogens is 246 g/mol. The maximum absolute atomic E-state index is 8.93. The summed E-state index contributed by atoms with van der Waals surface area (Å²) >= 11 is 1.57. The lowest BCUT2D eigenvalue weighted by molar-refractivity contribution is 0.277. The summed E-state index contributed by atoms with van der Waals surface area (Å²) in [5.74, 6) is 0.939. The molecule has 0 fully saturated rings. The highest BCUT2D eigenvalue weighted by Crippen LogP contribution is 2.19. The maximum Gasteiger partial charge on any atom is 0.122 e. The molecule has 0 saturated carbocycles. The molecule has 0 aliphatic rings. The third kappa shape index (κ3) is 3.31. The van der Waals surface area contributed by atoms with Crippen LogP contribution in [0.1, 0.15) is 21.8 Å². The van der Waals surface area contributed by atoms with Gasteiger partial charge in [0.2, 0.25) is 0 Å². The number of ether oxygens (including phenoxy) is 1. The molecule has 3 nitrogen and oxygen atoms in total. The van der Waals surface area contributed by atoms with Crippen molar-refractivity contribution >= 4 is 11.3 Å². The Balaban J connectivity index is 1.90. The second-order valence-corrected chi connectivity index (χ2v) is 5.20. The van der Waals surface area contributed by atoms with E-state index in [0.717, 1.165) is 28.4 Å². The van der Waals surface area contributed by atoms with Gasteiger partial charge in [0.15, 0.2) is 0 Å². The van der Waals surface area contributed by atoms with Crippen LogP contribution in [0, 0.1) is 13.8 Å². The first-order valence-corrected chi connectivity index (χ1v) is 6.81. The number of nitrogens with zero attached hydrogens (tertiary/aromatic N) is 1. The number of benzene rings is 1. The van der Waals surface area contributed by atoms with Crippen LogP contribution in [-0.4, -0.2) is 16.7 Å². The van der Waals surface area contributed by atoms with Gasteiger partial charge in [-0.15, -0.1) is 11.3 Å². The molecule has 1 aromatic carbocycles. The van der Waals surface area contributed by atoms with Crippen LogP contribution in [-0.2, 0) is 13.0 Å². The topological polar surface area (TPSA) is 42.4 Å². The molecule has 96 valence electrons. The highest BCUT2D eigenvalue weighted by molar-refractivity contribution is 7.09. The average Bonchev–Trinajstić information content (AvgIpc) is 2.81. The molecule has 0 aliphatic carbocycles. The molecule has 0 radical (unpaired) electrons. The van der Waals surface area contributed by atoms with Gasteiger partial charge in [-0.3, -0.25) is 0 Å². The average molecular weight is 263 g/mol. The Morgan fingerprint density at radius 1 is 1.33 bits per heavy atom. The molecule has 1 aromatic heterocycles. The van der Waals surface area contributed by atoms with Crippen LogP contribution in [0.4, 0.5) is 0 Å². The van der Waals surface area contributed by atoms with E-state index in [-0.39, 0.29) is 6.61 Å². The number of thiazole rings is 1. The molecule has 0 saturated heterocycles. The van der Waals surface area contributed by atoms with Crippen molar-refractivity contribution in [3.8, 4) is 5.75 Å². The van der Waals surface area contributed by atoms with E-state index in [9.17, 15) is 0 Å². The summed E-state index contributed by atoms with van der Waals surface area (Å²) < 4.78 is 5.77. The summed E-state index contributed by atoms with van der Waals surface area (Å²) in [6.07, 6.45) is 0.776. The van der Waals surface area contributed by atoms with Crippen LogP contribution in [0.15, 0.2) is 23.6 Å². The van der Waals surface area contributed by atoms with Gasteiger partial charge in [0.1, 0.15) is 5.75 Å². The molecule has 0 bridgehead atoms. The second kappa shape index (κ2) is 5.98. The monoisotopic (exact) mass is 263 g/mol. The zero-order valence-corrected chi connectivity index (χ0v) is 11.5. The minimum Gasteiger partial charge on any atom is -0.493 e. The minimum absolute atomic E-state index is 0.00828. The van der Waals surface area contributed by atoms with E-state index in [1.54, 1.807) is 11.3 Å². The molecule has 2 aromatic rings. The smallest absolute Gasteiger partial charge is 0.122 e. The number of aromatic nitrogens is 1. The lowest BCUT2D eigenvalue weighted by atomic mass is 10.1. The van der Waals surface area contributed by atoms with E-state index in [4.69, 9.17) is 9.84 Å². The van der Waals surface area contributed by atoms with E-state index in [0.29, 0.717) is 6.61 Å². The Bertz CT molecular complexity index is 522. The largest absolute Gasteiger partial charge is 0.493 e. The zero-order valence-electron chi connectivity index (χ0n) is 10.6. The van der Waals surface area contributed by atoms with Gasteiger partial charge in [0.05, 0.1) is 23.9 Å². The van der Waals surface area contributed by atoms with Crippen molar-refractivity contribution in [2.24, 2.45) is 0 Å². The molecule has 1 N–H and O–H groups in total. The van der Waals surface area contributed by atoms with Crippen LogP contribution in [0.25, 0.3) is 0 Å². The van der Waals surface area contributed by atoms with E-state index in [1.807, 2.05) is 12.3 Å². The van der Waals surface area contributed by atoms with Gasteiger partial charge in [-0.25, -0.2) is 4.98 Å². The standard InChI is InChI=1S/C14H17NO2S/c1-10-3-4-11(2)13(7-10)17-6-5-14-15-12(8-16)9-18-14/h3-4,7,9,16H,5-6,8H2,1-2H3. The molecule has 4 heteroatoms. The molecule has 0 spiro atoms. The van der Waals surface area contributed by atoms with Gasteiger partial charge >= 0.3 is 0 Å². The van der Waals surface area contributed by atoms with E-state index >= 15 is 0 Å². The van der Waals surface area contributed by atoms with Crippen molar-refractivity contribution < 1.29 is 9.84 Å². The summed E-state index contributed by atoms with van der Waals surface area (Å²) in [7, 11) is 0. The van der Waals surface area contributed by atoms with Crippen molar-refractivity contribution in [2.75, 3.05) is 6.61 Å². The third-order valence-electron chi connectivity index (χ3n) is 2.68. The Labute approximate surface area is 111 Å². The van der Waals surface area contributed by atoms with Gasteiger partial charge in [-0.2, -0.15) is 0 Å². The van der Waals surface area contributed by atoms with Gasteiger partial charge in [0.25, 0.3) is 0 Å². The number of hydrogen-bond donors (Lipinski definition) is 1. The van der Waals surface area contributed by atoms with Gasteiger partial charge in [0, 0.05) is 11.8 Å². The lowest BCUT2D eigenvalue weighted by Gasteiger charge is -2.08. The number of aliphatic hydroxyl groups excluding tert-OH is 1. The summed E-state index contributed by atoms with van der Waals surface area (Å²) in [5, 5.41) is 11.8. The number of rotatable bonds is 5. The highest BCUT2D eigenvalue weighted by atomic mass is 32.1. The fourth-order valence-corrected chi connectivity index (χ4v) is 2.42. The Hall–Kier alpha value is -1.39. The number of aliphatic hydroxyl groups is 1. The van der Waals surface area contributed by atoms with Crippen LogP contribution in [0.3, 0.4) is 0 Å². The summed E-state index contributed by atoms with van der Waals surface area (Å²) in [4.78, 5) is 4.29. The summed E-state index contributed by atoms with van der Waals surface area (Å²) in [6.45, 7) is 4.72. The Morgan fingerprint density at radius 3 is 2.89 bits per heavy atom. The van der Waals surface area contributed by atoms with Crippen LogP contribution in [0.5, 0.6) is 5.75 Å². The van der Waals surface area contributed by atoms with Crippen molar-refractivity contribution in [3.63, 3.8) is 0 Å². The number of aryl methyl sites for hydroxylation is 2. The maximum atomic E-state index is 8.93. The SMILES string of the molecule is Cc1ccc(C)c(OCCc2nc(CO)cs2)c1. The van der Waals surface area contributed by atoms with Crippen LogP contribution < -0.4 is 4.74 Å². The first kappa shape index (κ1) is 13.1. The highest BCUT2D eigenvalue weighted by Gasteiger charge is 2.03. The van der Waals surface area contributed by atoms with Crippen molar-refractivity contribution in [1.29, 1.82) is 0 Å². The first-order chi connectivity index (χ1) is 8.69. The molecular formula is C14H17NO2S. The van der Waals surface area contributed by atoms with Crippen molar-refractivity contribution in [3.05, 3.63) is 45.4 Å². The van der Waals surface area contributed by atoms with E-state index in [1.165, 1.54) is 5.56 Å². The second-order valence-electron chi connectivity index (χ2n) is 4.26. The number of hydrogen-bond acceptors (Lipinski definition) is 4. The molecule has 2 rings (SSSR count). The minimum atomic E-state index is 0.00828.